The van der Waals surface area contributed by atoms with Gasteiger partial charge in [0, 0.05) is 5.56 Å². The fourth-order valence-corrected chi connectivity index (χ4v) is 2.48. The average molecular weight is 364 g/mol. The van der Waals surface area contributed by atoms with Gasteiger partial charge in [0.05, 0.1) is 17.2 Å². The van der Waals surface area contributed by atoms with E-state index >= 15 is 0 Å². The van der Waals surface area contributed by atoms with E-state index in [1.54, 1.807) is 24.3 Å². The molecule has 0 bridgehead atoms. The van der Waals surface area contributed by atoms with Gasteiger partial charge in [0.25, 0.3) is 0 Å². The number of ether oxygens (including phenoxy) is 2. The molecule has 0 aromatic heterocycles. The average Bonchev–Trinajstić information content (AvgIpc) is 2.93. The third kappa shape index (κ3) is 3.53. The van der Waals surface area contributed by atoms with Crippen molar-refractivity contribution in [3.05, 3.63) is 69.9 Å². The maximum Gasteiger partial charge on any atom is 0.363 e. The molecule has 7 heteroatoms. The van der Waals surface area contributed by atoms with Gasteiger partial charge >= 0.3 is 5.97 Å². The fourth-order valence-electron chi connectivity index (χ4n) is 2.24. The van der Waals surface area contributed by atoms with E-state index in [4.69, 9.17) is 21.1 Å². The second-order valence-electron chi connectivity index (χ2n) is 5.05. The smallest absolute Gasteiger partial charge is 0.363 e. The number of rotatable bonds is 4. The minimum absolute atomic E-state index is 0.00273. The summed E-state index contributed by atoms with van der Waals surface area (Å²) in [5, 5.41) is -0.110. The number of hydrogen-bond acceptors (Lipinski definition) is 4. The molecule has 1 aliphatic rings. The SMILES string of the molecule is CCOc1ccccc1/C=C1\N=C(c2cc(F)c(F)cc2Cl)OC1=O. The lowest BCUT2D eigenvalue weighted by molar-refractivity contribution is -0.129. The Hall–Kier alpha value is -2.73. The number of nitrogens with zero attached hydrogens (tertiary/aromatic N) is 1. The van der Waals surface area contributed by atoms with E-state index in [-0.39, 0.29) is 22.2 Å². The van der Waals surface area contributed by atoms with Crippen LogP contribution in [0, 0.1) is 11.6 Å². The number of cyclic esters (lactones) is 1. The number of para-hydroxylation sites is 1. The van der Waals surface area contributed by atoms with Gasteiger partial charge in [-0.1, -0.05) is 29.8 Å². The zero-order valence-electron chi connectivity index (χ0n) is 13.1. The zero-order chi connectivity index (χ0) is 18.0. The molecular weight excluding hydrogens is 352 g/mol. The van der Waals surface area contributed by atoms with Crippen molar-refractivity contribution in [3.8, 4) is 5.75 Å². The second kappa shape index (κ2) is 7.03. The maximum absolute atomic E-state index is 13.4. The highest BCUT2D eigenvalue weighted by Gasteiger charge is 2.27. The summed E-state index contributed by atoms with van der Waals surface area (Å²) in [4.78, 5) is 16.1. The van der Waals surface area contributed by atoms with E-state index in [0.717, 1.165) is 12.1 Å². The predicted octanol–water partition coefficient (Wildman–Crippen LogP) is 4.36. The van der Waals surface area contributed by atoms with Gasteiger partial charge in [-0.05, 0) is 31.2 Å². The summed E-state index contributed by atoms with van der Waals surface area (Å²) in [6.07, 6.45) is 1.49. The molecule has 128 valence electrons. The number of carbonyl (C=O) groups excluding carboxylic acids is 1. The molecular formula is C18H12ClF2NO3. The number of aliphatic imine (C=N–C) groups is 1. The van der Waals surface area contributed by atoms with Crippen LogP contribution in [-0.2, 0) is 9.53 Å². The van der Waals surface area contributed by atoms with Gasteiger partial charge in [0.1, 0.15) is 5.75 Å². The van der Waals surface area contributed by atoms with Crippen LogP contribution in [0.5, 0.6) is 5.75 Å². The highest BCUT2D eigenvalue weighted by atomic mass is 35.5. The summed E-state index contributed by atoms with van der Waals surface area (Å²) in [5.41, 5.74) is 0.635. The highest BCUT2D eigenvalue weighted by Crippen LogP contribution is 2.27. The number of carbonyl (C=O) groups is 1. The molecule has 3 rings (SSSR count). The summed E-state index contributed by atoms with van der Waals surface area (Å²) in [5.74, 6) is -2.53. The van der Waals surface area contributed by atoms with E-state index in [1.807, 2.05) is 6.92 Å². The molecule has 25 heavy (non-hydrogen) atoms. The summed E-state index contributed by atoms with van der Waals surface area (Å²) in [6.45, 7) is 2.30. The molecule has 0 saturated heterocycles. The normalized spacial score (nSPS) is 15.3. The van der Waals surface area contributed by atoms with Crippen LogP contribution in [0.1, 0.15) is 18.1 Å². The van der Waals surface area contributed by atoms with E-state index < -0.39 is 17.6 Å². The molecule has 0 amide bonds. The van der Waals surface area contributed by atoms with Crippen molar-refractivity contribution < 1.29 is 23.0 Å². The van der Waals surface area contributed by atoms with Crippen molar-refractivity contribution in [1.82, 2.24) is 0 Å². The Morgan fingerprint density at radius 2 is 1.96 bits per heavy atom. The molecule has 4 nitrogen and oxygen atoms in total. The number of halogens is 3. The minimum Gasteiger partial charge on any atom is -0.493 e. The van der Waals surface area contributed by atoms with Crippen molar-refractivity contribution >= 4 is 29.5 Å². The van der Waals surface area contributed by atoms with Crippen LogP contribution < -0.4 is 4.74 Å². The molecule has 0 spiro atoms. The van der Waals surface area contributed by atoms with Crippen LogP contribution in [0.4, 0.5) is 8.78 Å². The fraction of sp³-hybridized carbons (Fsp3) is 0.111. The van der Waals surface area contributed by atoms with Crippen molar-refractivity contribution in [3.63, 3.8) is 0 Å². The summed E-state index contributed by atoms with van der Waals surface area (Å²) in [6, 6.07) is 8.73. The first-order valence-electron chi connectivity index (χ1n) is 7.39. The molecule has 0 aliphatic carbocycles. The molecule has 1 aliphatic heterocycles. The number of esters is 1. The van der Waals surface area contributed by atoms with Gasteiger partial charge in [0.15, 0.2) is 17.3 Å². The van der Waals surface area contributed by atoms with Gasteiger partial charge in [-0.15, -0.1) is 0 Å². The lowest BCUT2D eigenvalue weighted by atomic mass is 10.1. The third-order valence-electron chi connectivity index (χ3n) is 3.37. The summed E-state index contributed by atoms with van der Waals surface area (Å²) < 4.78 is 37.1. The molecule has 0 saturated carbocycles. The molecule has 1 heterocycles. The lowest BCUT2D eigenvalue weighted by Gasteiger charge is -2.06. The third-order valence-corrected chi connectivity index (χ3v) is 3.68. The first-order chi connectivity index (χ1) is 12.0. The minimum atomic E-state index is -1.11. The highest BCUT2D eigenvalue weighted by molar-refractivity contribution is 6.34. The topological polar surface area (TPSA) is 47.9 Å². The van der Waals surface area contributed by atoms with Crippen LogP contribution in [-0.4, -0.2) is 18.5 Å². The van der Waals surface area contributed by atoms with E-state index in [0.29, 0.717) is 17.9 Å². The Balaban J connectivity index is 2.00. The molecule has 0 radical (unpaired) electrons. The quantitative estimate of drug-likeness (QED) is 0.460. The van der Waals surface area contributed by atoms with Crippen LogP contribution in [0.2, 0.25) is 5.02 Å². The van der Waals surface area contributed by atoms with Crippen molar-refractivity contribution in [2.24, 2.45) is 4.99 Å². The maximum atomic E-state index is 13.4. The molecule has 0 fully saturated rings. The van der Waals surface area contributed by atoms with Gasteiger partial charge in [-0.3, -0.25) is 0 Å². The van der Waals surface area contributed by atoms with Crippen molar-refractivity contribution in [2.75, 3.05) is 6.61 Å². The van der Waals surface area contributed by atoms with Gasteiger partial charge in [-0.2, -0.15) is 0 Å². The van der Waals surface area contributed by atoms with Gasteiger partial charge < -0.3 is 9.47 Å². The largest absolute Gasteiger partial charge is 0.493 e. The van der Waals surface area contributed by atoms with E-state index in [1.165, 1.54) is 6.08 Å². The summed E-state index contributed by atoms with van der Waals surface area (Å²) in [7, 11) is 0. The Morgan fingerprint density at radius 3 is 2.72 bits per heavy atom. The van der Waals surface area contributed by atoms with E-state index in [2.05, 4.69) is 4.99 Å². The first kappa shape index (κ1) is 17.1. The Morgan fingerprint density at radius 1 is 1.24 bits per heavy atom. The van der Waals surface area contributed by atoms with Crippen molar-refractivity contribution in [2.45, 2.75) is 6.92 Å². The summed E-state index contributed by atoms with van der Waals surface area (Å²) >= 11 is 5.89. The molecule has 2 aromatic carbocycles. The Kier molecular flexibility index (Phi) is 4.81. The number of benzene rings is 2. The Labute approximate surface area is 147 Å². The van der Waals surface area contributed by atoms with Gasteiger partial charge in [-0.25, -0.2) is 18.6 Å². The van der Waals surface area contributed by atoms with Crippen LogP contribution >= 0.6 is 11.6 Å². The Bertz CT molecular complexity index is 909. The zero-order valence-corrected chi connectivity index (χ0v) is 13.8. The second-order valence-corrected chi connectivity index (χ2v) is 5.46. The predicted molar refractivity (Wildman–Crippen MR) is 89.6 cm³/mol. The van der Waals surface area contributed by atoms with Crippen LogP contribution in [0.3, 0.4) is 0 Å². The van der Waals surface area contributed by atoms with Gasteiger partial charge in [0.2, 0.25) is 5.90 Å². The van der Waals surface area contributed by atoms with Crippen LogP contribution in [0.15, 0.2) is 47.1 Å². The van der Waals surface area contributed by atoms with E-state index in [9.17, 15) is 13.6 Å². The van der Waals surface area contributed by atoms with Crippen LogP contribution in [0.25, 0.3) is 6.08 Å². The molecule has 0 atom stereocenters. The number of hydrogen-bond donors (Lipinski definition) is 0. The molecule has 0 unspecified atom stereocenters. The molecule has 0 N–H and O–H groups in total. The van der Waals surface area contributed by atoms with Crippen molar-refractivity contribution in [1.29, 1.82) is 0 Å². The first-order valence-corrected chi connectivity index (χ1v) is 7.76. The standard InChI is InChI=1S/C18H12ClF2NO3/c1-2-24-16-6-4-3-5-10(16)7-15-18(23)25-17(22-15)11-8-13(20)14(21)9-12(11)19/h3-9H,2H2,1H3/b15-7-. The molecule has 2 aromatic rings. The monoisotopic (exact) mass is 363 g/mol. The lowest BCUT2D eigenvalue weighted by Crippen LogP contribution is -2.07.